The highest BCUT2D eigenvalue weighted by Crippen LogP contribution is 2.25. The molecule has 0 aliphatic rings. The first-order valence-electron chi connectivity index (χ1n) is 8.85. The van der Waals surface area contributed by atoms with Gasteiger partial charge in [0.05, 0.1) is 5.25 Å². The molecule has 7 heteroatoms. The quantitative estimate of drug-likeness (QED) is 0.659. The molecule has 150 valence electrons. The first-order chi connectivity index (χ1) is 12.3. The van der Waals surface area contributed by atoms with Gasteiger partial charge in [0.15, 0.2) is 0 Å². The average molecular weight is 413 g/mol. The maximum atomic E-state index is 11.9. The molecule has 0 bridgehead atoms. The number of nitrogens with two attached hydrogens (primary N) is 1. The summed E-state index contributed by atoms with van der Waals surface area (Å²) >= 11 is 0. The summed E-state index contributed by atoms with van der Waals surface area (Å²) in [4.78, 5) is 0. The summed E-state index contributed by atoms with van der Waals surface area (Å²) in [5.74, 6) is 0.909. The number of nitrogens with one attached hydrogen (secondary N) is 1. The van der Waals surface area contributed by atoms with Crippen molar-refractivity contribution in [1.29, 1.82) is 0 Å². The molecule has 1 atom stereocenters. The highest BCUT2D eigenvalue weighted by Gasteiger charge is 2.17. The van der Waals surface area contributed by atoms with Crippen molar-refractivity contribution >= 4 is 22.4 Å². The number of benzene rings is 2. The van der Waals surface area contributed by atoms with Crippen LogP contribution in [0.4, 0.5) is 0 Å². The van der Waals surface area contributed by atoms with Crippen molar-refractivity contribution in [2.45, 2.75) is 31.9 Å². The van der Waals surface area contributed by atoms with E-state index >= 15 is 0 Å². The lowest BCUT2D eigenvalue weighted by molar-refractivity contribution is 0.328. The Balaban J connectivity index is 0.00000364. The van der Waals surface area contributed by atoms with Gasteiger partial charge in [0.2, 0.25) is 10.0 Å². The van der Waals surface area contributed by atoms with E-state index in [1.807, 2.05) is 43.3 Å². The summed E-state index contributed by atoms with van der Waals surface area (Å²) in [6.45, 7) is 6.76. The van der Waals surface area contributed by atoms with Crippen LogP contribution in [0.25, 0.3) is 11.1 Å². The molecule has 2 aromatic rings. The molecule has 27 heavy (non-hydrogen) atoms. The fourth-order valence-corrected chi connectivity index (χ4v) is 3.27. The fraction of sp³-hybridized carbons (Fsp3) is 0.400. The second kappa shape index (κ2) is 10.7. The maximum absolute atomic E-state index is 11.9. The second-order valence-corrected chi connectivity index (χ2v) is 8.95. The standard InChI is InChI=1S/C20H28N2O3S.ClH/c1-15(2)26(23,24)22-14-16(3)17-4-6-18(7-5-17)19-8-10-20(11-9-19)25-13-12-21;/h4-11,15-16,22H,12-14,21H2,1-3H3;1H. The van der Waals surface area contributed by atoms with E-state index in [2.05, 4.69) is 16.9 Å². The average Bonchev–Trinajstić information content (AvgIpc) is 2.65. The lowest BCUT2D eigenvalue weighted by Gasteiger charge is -2.15. The van der Waals surface area contributed by atoms with Crippen molar-refractivity contribution in [3.8, 4) is 16.9 Å². The van der Waals surface area contributed by atoms with E-state index in [9.17, 15) is 8.42 Å². The molecule has 0 saturated heterocycles. The molecule has 3 N–H and O–H groups in total. The van der Waals surface area contributed by atoms with Crippen LogP contribution in [0.5, 0.6) is 5.75 Å². The number of hydrogen-bond donors (Lipinski definition) is 2. The Labute approximate surface area is 168 Å². The number of rotatable bonds is 9. The van der Waals surface area contributed by atoms with Gasteiger partial charge in [-0.3, -0.25) is 0 Å². The van der Waals surface area contributed by atoms with Crippen molar-refractivity contribution in [3.05, 3.63) is 54.1 Å². The zero-order valence-electron chi connectivity index (χ0n) is 16.0. The van der Waals surface area contributed by atoms with Gasteiger partial charge < -0.3 is 10.5 Å². The predicted molar refractivity (Wildman–Crippen MR) is 114 cm³/mol. The third-order valence-corrected chi connectivity index (χ3v) is 6.08. The van der Waals surface area contributed by atoms with Crippen molar-refractivity contribution < 1.29 is 13.2 Å². The van der Waals surface area contributed by atoms with Crippen molar-refractivity contribution in [2.24, 2.45) is 5.73 Å². The van der Waals surface area contributed by atoms with Gasteiger partial charge >= 0.3 is 0 Å². The molecule has 0 aromatic heterocycles. The van der Waals surface area contributed by atoms with E-state index in [1.165, 1.54) is 0 Å². The molecule has 0 spiro atoms. The Morgan fingerprint density at radius 1 is 0.963 bits per heavy atom. The topological polar surface area (TPSA) is 81.4 Å². The summed E-state index contributed by atoms with van der Waals surface area (Å²) in [7, 11) is -3.23. The zero-order valence-corrected chi connectivity index (χ0v) is 17.6. The Kier molecular flexibility index (Phi) is 9.26. The van der Waals surface area contributed by atoms with Crippen LogP contribution in [0.1, 0.15) is 32.3 Å². The Bertz CT molecular complexity index is 791. The van der Waals surface area contributed by atoms with E-state index in [1.54, 1.807) is 13.8 Å². The summed E-state index contributed by atoms with van der Waals surface area (Å²) < 4.78 is 31.9. The van der Waals surface area contributed by atoms with Gasteiger partial charge in [-0.1, -0.05) is 43.3 Å². The van der Waals surface area contributed by atoms with Crippen LogP contribution >= 0.6 is 12.4 Å². The predicted octanol–water partition coefficient (Wildman–Crippen LogP) is 3.54. The van der Waals surface area contributed by atoms with Gasteiger partial charge in [-0.25, -0.2) is 13.1 Å². The van der Waals surface area contributed by atoms with Crippen LogP contribution < -0.4 is 15.2 Å². The van der Waals surface area contributed by atoms with Crippen molar-refractivity contribution in [2.75, 3.05) is 19.7 Å². The van der Waals surface area contributed by atoms with Gasteiger partial charge in [0.1, 0.15) is 12.4 Å². The second-order valence-electron chi connectivity index (χ2n) is 6.63. The van der Waals surface area contributed by atoms with E-state index in [0.29, 0.717) is 19.7 Å². The summed E-state index contributed by atoms with van der Waals surface area (Å²) in [5, 5.41) is -0.422. The molecule has 0 aliphatic carbocycles. The molecule has 2 rings (SSSR count). The summed E-state index contributed by atoms with van der Waals surface area (Å²) in [6, 6.07) is 16.1. The minimum absolute atomic E-state index is 0. The Hall–Kier alpha value is -1.60. The zero-order chi connectivity index (χ0) is 19.2. The first-order valence-corrected chi connectivity index (χ1v) is 10.4. The lowest BCUT2D eigenvalue weighted by Crippen LogP contribution is -2.33. The number of sulfonamides is 1. The van der Waals surface area contributed by atoms with Crippen LogP contribution in [-0.2, 0) is 10.0 Å². The third kappa shape index (κ3) is 6.81. The molecule has 0 fully saturated rings. The molecule has 5 nitrogen and oxygen atoms in total. The van der Waals surface area contributed by atoms with E-state index < -0.39 is 15.3 Å². The fourth-order valence-electron chi connectivity index (χ4n) is 2.45. The highest BCUT2D eigenvalue weighted by molar-refractivity contribution is 7.90. The molecular formula is C20H29ClN2O3S. The molecule has 0 heterocycles. The molecule has 1 unspecified atom stereocenters. The molecule has 0 radical (unpaired) electrons. The number of hydrogen-bond acceptors (Lipinski definition) is 4. The van der Waals surface area contributed by atoms with E-state index in [-0.39, 0.29) is 18.3 Å². The maximum Gasteiger partial charge on any atom is 0.213 e. The van der Waals surface area contributed by atoms with Gasteiger partial charge in [-0.05, 0) is 48.6 Å². The number of halogens is 1. The van der Waals surface area contributed by atoms with Crippen LogP contribution in [0, 0.1) is 0 Å². The van der Waals surface area contributed by atoms with Crippen LogP contribution in [-0.4, -0.2) is 33.4 Å². The van der Waals surface area contributed by atoms with Crippen LogP contribution in [0.3, 0.4) is 0 Å². The largest absolute Gasteiger partial charge is 0.492 e. The normalized spacial score (nSPS) is 12.5. The number of ether oxygens (including phenoxy) is 1. The van der Waals surface area contributed by atoms with E-state index in [4.69, 9.17) is 10.5 Å². The van der Waals surface area contributed by atoms with Gasteiger partial charge in [-0.15, -0.1) is 12.4 Å². The summed E-state index contributed by atoms with van der Waals surface area (Å²) in [6.07, 6.45) is 0. The Morgan fingerprint density at radius 2 is 1.48 bits per heavy atom. The van der Waals surface area contributed by atoms with E-state index in [0.717, 1.165) is 22.4 Å². The molecular weight excluding hydrogens is 384 g/mol. The summed E-state index contributed by atoms with van der Waals surface area (Å²) in [5.41, 5.74) is 8.74. The van der Waals surface area contributed by atoms with Crippen LogP contribution in [0.15, 0.2) is 48.5 Å². The van der Waals surface area contributed by atoms with Gasteiger partial charge in [-0.2, -0.15) is 0 Å². The highest BCUT2D eigenvalue weighted by atomic mass is 35.5. The first kappa shape index (κ1) is 23.4. The van der Waals surface area contributed by atoms with Gasteiger partial charge in [0.25, 0.3) is 0 Å². The molecule has 2 aromatic carbocycles. The third-order valence-electron chi connectivity index (χ3n) is 4.27. The van der Waals surface area contributed by atoms with Crippen molar-refractivity contribution in [3.63, 3.8) is 0 Å². The monoisotopic (exact) mass is 412 g/mol. The minimum atomic E-state index is -3.23. The minimum Gasteiger partial charge on any atom is -0.492 e. The van der Waals surface area contributed by atoms with Crippen molar-refractivity contribution in [1.82, 2.24) is 4.72 Å². The molecule has 0 aliphatic heterocycles. The molecule has 0 amide bonds. The lowest BCUT2D eigenvalue weighted by atomic mass is 9.98. The Morgan fingerprint density at radius 3 is 1.96 bits per heavy atom. The molecule has 0 saturated carbocycles. The SMILES string of the molecule is CC(CNS(=O)(=O)C(C)C)c1ccc(-c2ccc(OCCN)cc2)cc1.Cl. The smallest absolute Gasteiger partial charge is 0.213 e. The van der Waals surface area contributed by atoms with Gasteiger partial charge in [0, 0.05) is 13.1 Å². The van der Waals surface area contributed by atoms with Crippen LogP contribution in [0.2, 0.25) is 0 Å².